The monoisotopic (exact) mass is 274 g/mol. The van der Waals surface area contributed by atoms with E-state index in [0.29, 0.717) is 16.7 Å². The van der Waals surface area contributed by atoms with Crippen LogP contribution in [0.1, 0.15) is 32.3 Å². The Labute approximate surface area is 106 Å². The van der Waals surface area contributed by atoms with E-state index >= 15 is 0 Å². The molecular weight excluding hydrogens is 262 g/mol. The van der Waals surface area contributed by atoms with Crippen LogP contribution in [0.2, 0.25) is 0 Å². The van der Waals surface area contributed by atoms with Gasteiger partial charge in [0, 0.05) is 12.4 Å². The molecule has 9 heteroatoms. The molecule has 2 aromatic heterocycles. The lowest BCUT2D eigenvalue weighted by molar-refractivity contribution is 0.0678. The van der Waals surface area contributed by atoms with Crippen molar-refractivity contribution in [2.24, 2.45) is 0 Å². The second-order valence-electron chi connectivity index (χ2n) is 3.82. The van der Waals surface area contributed by atoms with Gasteiger partial charge in [-0.15, -0.1) is 5.10 Å². The molecule has 6 nitrogen and oxygen atoms in total. The molecule has 0 aliphatic carbocycles. The summed E-state index contributed by atoms with van der Waals surface area (Å²) in [5, 5.41) is 11.8. The van der Waals surface area contributed by atoms with Crippen molar-refractivity contribution in [3.8, 4) is 0 Å². The Bertz CT molecular complexity index is 462. The van der Waals surface area contributed by atoms with E-state index in [0.717, 1.165) is 4.57 Å². The SMILES string of the molecule is CC(C)n1nnnc1SCc1nccn1C(F)F. The molecule has 0 amide bonds. The zero-order chi connectivity index (χ0) is 13.1. The molecule has 0 saturated carbocycles. The van der Waals surface area contributed by atoms with E-state index in [9.17, 15) is 8.78 Å². The molecular formula is C9H12F2N6S. The van der Waals surface area contributed by atoms with Crippen LogP contribution in [0.15, 0.2) is 17.6 Å². The van der Waals surface area contributed by atoms with Crippen LogP contribution in [0.5, 0.6) is 0 Å². The molecule has 0 atom stereocenters. The second kappa shape index (κ2) is 5.42. The highest BCUT2D eigenvalue weighted by atomic mass is 32.2. The predicted molar refractivity (Wildman–Crippen MR) is 61.2 cm³/mol. The Morgan fingerprint density at radius 3 is 2.83 bits per heavy atom. The highest BCUT2D eigenvalue weighted by Gasteiger charge is 2.14. The summed E-state index contributed by atoms with van der Waals surface area (Å²) in [5.74, 6) is 0.595. The van der Waals surface area contributed by atoms with Gasteiger partial charge < -0.3 is 0 Å². The maximum absolute atomic E-state index is 12.6. The van der Waals surface area contributed by atoms with Gasteiger partial charge in [0.05, 0.1) is 11.8 Å². The lowest BCUT2D eigenvalue weighted by Crippen LogP contribution is -2.06. The summed E-state index contributed by atoms with van der Waals surface area (Å²) in [6, 6.07) is 0.123. The van der Waals surface area contributed by atoms with E-state index < -0.39 is 6.55 Å². The summed E-state index contributed by atoms with van der Waals surface area (Å²) in [5.41, 5.74) is 0. The molecule has 0 unspecified atom stereocenters. The molecule has 0 bridgehead atoms. The molecule has 18 heavy (non-hydrogen) atoms. The van der Waals surface area contributed by atoms with E-state index in [1.54, 1.807) is 4.68 Å². The summed E-state index contributed by atoms with van der Waals surface area (Å²) in [7, 11) is 0. The van der Waals surface area contributed by atoms with Crippen molar-refractivity contribution >= 4 is 11.8 Å². The first-order valence-corrected chi connectivity index (χ1v) is 6.28. The van der Waals surface area contributed by atoms with Gasteiger partial charge >= 0.3 is 6.55 Å². The maximum atomic E-state index is 12.6. The number of rotatable bonds is 5. The molecule has 2 aromatic rings. The molecule has 0 radical (unpaired) electrons. The third-order valence-electron chi connectivity index (χ3n) is 2.24. The molecule has 0 saturated heterocycles. The lowest BCUT2D eigenvalue weighted by atomic mass is 10.4. The van der Waals surface area contributed by atoms with Crippen LogP contribution in [0.25, 0.3) is 0 Å². The largest absolute Gasteiger partial charge is 0.319 e. The Kier molecular flexibility index (Phi) is 3.90. The first-order chi connectivity index (χ1) is 8.59. The molecule has 98 valence electrons. The van der Waals surface area contributed by atoms with E-state index in [-0.39, 0.29) is 6.04 Å². The summed E-state index contributed by atoms with van der Waals surface area (Å²) in [6.07, 6.45) is 2.61. The number of halogens is 2. The van der Waals surface area contributed by atoms with Crippen LogP contribution in [0.3, 0.4) is 0 Å². The van der Waals surface area contributed by atoms with Crippen molar-refractivity contribution in [3.63, 3.8) is 0 Å². The van der Waals surface area contributed by atoms with Gasteiger partial charge in [0.15, 0.2) is 0 Å². The van der Waals surface area contributed by atoms with Gasteiger partial charge in [-0.25, -0.2) is 9.67 Å². The fourth-order valence-corrected chi connectivity index (χ4v) is 2.32. The number of tetrazole rings is 1. The molecule has 2 rings (SSSR count). The number of imidazole rings is 1. The van der Waals surface area contributed by atoms with Crippen LogP contribution in [0, 0.1) is 0 Å². The normalized spacial score (nSPS) is 11.7. The Balaban J connectivity index is 2.07. The van der Waals surface area contributed by atoms with Crippen molar-refractivity contribution in [2.75, 3.05) is 0 Å². The summed E-state index contributed by atoms with van der Waals surface area (Å²) >= 11 is 1.28. The first kappa shape index (κ1) is 12.9. The van der Waals surface area contributed by atoms with Crippen molar-refractivity contribution < 1.29 is 8.78 Å². The number of alkyl halides is 2. The zero-order valence-electron chi connectivity index (χ0n) is 9.86. The standard InChI is InChI=1S/C9H12F2N6S/c1-6(2)17-9(13-14-15-17)18-5-7-12-3-4-16(7)8(10)11/h3-4,6,8H,5H2,1-2H3. The third-order valence-corrected chi connectivity index (χ3v) is 3.17. The number of thioether (sulfide) groups is 1. The van der Waals surface area contributed by atoms with E-state index in [1.165, 1.54) is 24.2 Å². The van der Waals surface area contributed by atoms with Gasteiger partial charge in [0.25, 0.3) is 0 Å². The van der Waals surface area contributed by atoms with Crippen molar-refractivity contribution in [2.45, 2.75) is 37.3 Å². The minimum Gasteiger partial charge on any atom is -0.277 e. The number of hydrogen-bond acceptors (Lipinski definition) is 5. The van der Waals surface area contributed by atoms with Crippen LogP contribution < -0.4 is 0 Å². The van der Waals surface area contributed by atoms with Gasteiger partial charge in [-0.2, -0.15) is 8.78 Å². The van der Waals surface area contributed by atoms with Gasteiger partial charge in [-0.3, -0.25) is 4.57 Å². The van der Waals surface area contributed by atoms with Gasteiger partial charge in [-0.05, 0) is 24.3 Å². The summed E-state index contributed by atoms with van der Waals surface area (Å²) in [6.45, 7) is 1.31. The van der Waals surface area contributed by atoms with E-state index in [4.69, 9.17) is 0 Å². The molecule has 0 aromatic carbocycles. The average Bonchev–Trinajstić information content (AvgIpc) is 2.94. The molecule has 0 aliphatic rings. The lowest BCUT2D eigenvalue weighted by Gasteiger charge is -2.08. The predicted octanol–water partition coefficient (Wildman–Crippen LogP) is 2.14. The summed E-state index contributed by atoms with van der Waals surface area (Å²) < 4.78 is 27.7. The average molecular weight is 274 g/mol. The Morgan fingerprint density at radius 2 is 2.17 bits per heavy atom. The van der Waals surface area contributed by atoms with Crippen molar-refractivity contribution in [1.82, 2.24) is 29.8 Å². The number of hydrogen-bond donors (Lipinski definition) is 0. The van der Waals surface area contributed by atoms with Crippen molar-refractivity contribution in [3.05, 3.63) is 18.2 Å². The first-order valence-electron chi connectivity index (χ1n) is 5.30. The minimum absolute atomic E-state index is 0.123. The Hall–Kier alpha value is -1.51. The van der Waals surface area contributed by atoms with Gasteiger partial charge in [0.2, 0.25) is 5.16 Å². The smallest absolute Gasteiger partial charge is 0.277 e. The molecule has 0 aliphatic heterocycles. The second-order valence-corrected chi connectivity index (χ2v) is 4.76. The molecule has 0 fully saturated rings. The number of nitrogens with zero attached hydrogens (tertiary/aromatic N) is 6. The summed E-state index contributed by atoms with van der Waals surface area (Å²) in [4.78, 5) is 3.90. The molecule has 0 spiro atoms. The fourth-order valence-electron chi connectivity index (χ4n) is 1.37. The Morgan fingerprint density at radius 1 is 1.39 bits per heavy atom. The van der Waals surface area contributed by atoms with E-state index in [1.807, 2.05) is 13.8 Å². The van der Waals surface area contributed by atoms with Gasteiger partial charge in [-0.1, -0.05) is 11.8 Å². The van der Waals surface area contributed by atoms with Crippen LogP contribution in [-0.4, -0.2) is 29.8 Å². The van der Waals surface area contributed by atoms with Crippen LogP contribution in [-0.2, 0) is 5.75 Å². The maximum Gasteiger partial charge on any atom is 0.319 e. The third kappa shape index (κ3) is 2.66. The highest BCUT2D eigenvalue weighted by Crippen LogP contribution is 2.23. The van der Waals surface area contributed by atoms with Crippen molar-refractivity contribution in [1.29, 1.82) is 0 Å². The minimum atomic E-state index is -2.58. The van der Waals surface area contributed by atoms with Crippen LogP contribution in [0.4, 0.5) is 8.78 Å². The highest BCUT2D eigenvalue weighted by molar-refractivity contribution is 7.98. The topological polar surface area (TPSA) is 61.4 Å². The van der Waals surface area contributed by atoms with Gasteiger partial charge in [0.1, 0.15) is 5.82 Å². The number of aromatic nitrogens is 6. The van der Waals surface area contributed by atoms with Crippen LogP contribution >= 0.6 is 11.8 Å². The van der Waals surface area contributed by atoms with E-state index in [2.05, 4.69) is 20.5 Å². The molecule has 0 N–H and O–H groups in total. The zero-order valence-corrected chi connectivity index (χ0v) is 10.7. The quantitative estimate of drug-likeness (QED) is 0.782. The fraction of sp³-hybridized carbons (Fsp3) is 0.556. The molecule has 2 heterocycles.